The van der Waals surface area contributed by atoms with E-state index in [9.17, 15) is 9.59 Å². The first-order chi connectivity index (χ1) is 13.1. The van der Waals surface area contributed by atoms with Crippen molar-refractivity contribution in [2.45, 2.75) is 26.3 Å². The molecule has 3 aromatic rings. The van der Waals surface area contributed by atoms with Crippen LogP contribution in [0.5, 0.6) is 0 Å². The van der Waals surface area contributed by atoms with E-state index in [1.165, 1.54) is 0 Å². The van der Waals surface area contributed by atoms with Gasteiger partial charge in [0.15, 0.2) is 0 Å². The molecule has 140 valence electrons. The Morgan fingerprint density at radius 2 is 2.26 bits per heavy atom. The quantitative estimate of drug-likeness (QED) is 0.661. The third-order valence-corrected chi connectivity index (χ3v) is 5.18. The summed E-state index contributed by atoms with van der Waals surface area (Å²) >= 11 is 0. The van der Waals surface area contributed by atoms with Crippen molar-refractivity contribution in [2.75, 3.05) is 18.4 Å². The van der Waals surface area contributed by atoms with Crippen LogP contribution in [0.1, 0.15) is 28.8 Å². The number of aromatic nitrogens is 3. The average molecular weight is 365 g/mol. The lowest BCUT2D eigenvalue weighted by Crippen LogP contribution is -2.36. The number of piperidine rings is 1. The molecular weight excluding hydrogens is 342 g/mol. The normalized spacial score (nSPS) is 17.1. The van der Waals surface area contributed by atoms with Crippen LogP contribution < -0.4 is 16.2 Å². The fraction of sp³-hybridized carbons (Fsp3) is 0.350. The molecule has 1 atom stereocenters. The molecule has 1 saturated heterocycles. The Morgan fingerprint density at radius 3 is 3.07 bits per heavy atom. The predicted molar refractivity (Wildman–Crippen MR) is 105 cm³/mol. The number of carbonyl (C=O) groups excluding carboxylic acids is 1. The van der Waals surface area contributed by atoms with Crippen molar-refractivity contribution in [1.82, 2.24) is 20.1 Å². The number of nitrogens with zero attached hydrogens (tertiary/aromatic N) is 2. The molecule has 1 fully saturated rings. The minimum absolute atomic E-state index is 0.192. The van der Waals surface area contributed by atoms with Gasteiger partial charge in [-0.1, -0.05) is 12.1 Å². The standard InChI is InChI=1S/C20H23N5O2/c1-13-7-9-25(12-14-4-3-8-21-10-14)20(27)17(13)19(26)23-16-6-2-5-15-11-22-24-18(15)16/h2,5-7,9,11,14,21H,3-4,8,10,12H2,1H3,(H,22,24)(H,23,26). The van der Waals surface area contributed by atoms with Gasteiger partial charge >= 0.3 is 0 Å². The van der Waals surface area contributed by atoms with Gasteiger partial charge in [-0.2, -0.15) is 5.10 Å². The molecule has 7 heteroatoms. The van der Waals surface area contributed by atoms with Gasteiger partial charge < -0.3 is 15.2 Å². The zero-order valence-electron chi connectivity index (χ0n) is 15.3. The highest BCUT2D eigenvalue weighted by Crippen LogP contribution is 2.21. The van der Waals surface area contributed by atoms with Gasteiger partial charge in [-0.3, -0.25) is 14.7 Å². The fourth-order valence-corrected chi connectivity index (χ4v) is 3.70. The van der Waals surface area contributed by atoms with Gasteiger partial charge in [-0.05, 0) is 56.5 Å². The van der Waals surface area contributed by atoms with Crippen LogP contribution in [0.25, 0.3) is 10.9 Å². The van der Waals surface area contributed by atoms with E-state index < -0.39 is 5.91 Å². The average Bonchev–Trinajstić information content (AvgIpc) is 3.15. The molecule has 0 saturated carbocycles. The van der Waals surface area contributed by atoms with Gasteiger partial charge in [0.25, 0.3) is 11.5 Å². The summed E-state index contributed by atoms with van der Waals surface area (Å²) in [5.74, 6) is 0.0181. The highest BCUT2D eigenvalue weighted by Gasteiger charge is 2.19. The van der Waals surface area contributed by atoms with E-state index in [1.54, 1.807) is 30.0 Å². The molecule has 0 bridgehead atoms. The summed E-state index contributed by atoms with van der Waals surface area (Å²) in [6.07, 6.45) is 5.70. The van der Waals surface area contributed by atoms with Gasteiger partial charge in [0.1, 0.15) is 5.56 Å². The lowest BCUT2D eigenvalue weighted by molar-refractivity contribution is 0.102. The maximum Gasteiger partial charge on any atom is 0.263 e. The van der Waals surface area contributed by atoms with Gasteiger partial charge in [-0.25, -0.2) is 0 Å². The first kappa shape index (κ1) is 17.5. The van der Waals surface area contributed by atoms with Gasteiger partial charge in [0.05, 0.1) is 17.4 Å². The third kappa shape index (κ3) is 3.50. The minimum atomic E-state index is -0.393. The lowest BCUT2D eigenvalue weighted by atomic mass is 9.99. The van der Waals surface area contributed by atoms with Crippen molar-refractivity contribution in [1.29, 1.82) is 0 Å². The number of H-pyrrole nitrogens is 1. The van der Waals surface area contributed by atoms with Crippen LogP contribution in [-0.2, 0) is 6.54 Å². The minimum Gasteiger partial charge on any atom is -0.320 e. The second kappa shape index (κ2) is 7.36. The molecule has 1 aliphatic heterocycles. The van der Waals surface area contributed by atoms with Gasteiger partial charge in [0, 0.05) is 18.1 Å². The van der Waals surface area contributed by atoms with Crippen molar-refractivity contribution >= 4 is 22.5 Å². The highest BCUT2D eigenvalue weighted by atomic mass is 16.2. The lowest BCUT2D eigenvalue weighted by Gasteiger charge is -2.23. The maximum atomic E-state index is 13.0. The number of fused-ring (bicyclic) bond motifs is 1. The number of aryl methyl sites for hydroxylation is 1. The Labute approximate surface area is 156 Å². The molecule has 1 aliphatic rings. The zero-order chi connectivity index (χ0) is 18.8. The van der Waals surface area contributed by atoms with Crippen molar-refractivity contribution in [3.8, 4) is 0 Å². The summed E-state index contributed by atoms with van der Waals surface area (Å²) in [6.45, 7) is 4.36. The molecule has 1 aromatic carbocycles. The summed E-state index contributed by atoms with van der Waals surface area (Å²) < 4.78 is 1.66. The summed E-state index contributed by atoms with van der Waals surface area (Å²) in [5.41, 5.74) is 1.98. The molecule has 7 nitrogen and oxygen atoms in total. The molecule has 4 rings (SSSR count). The third-order valence-electron chi connectivity index (χ3n) is 5.18. The molecule has 0 aliphatic carbocycles. The van der Waals surface area contributed by atoms with E-state index in [-0.39, 0.29) is 11.1 Å². The molecule has 1 amide bonds. The van der Waals surface area contributed by atoms with Crippen LogP contribution in [0, 0.1) is 12.8 Å². The number of anilines is 1. The second-order valence-corrected chi connectivity index (χ2v) is 7.14. The number of hydrogen-bond acceptors (Lipinski definition) is 4. The first-order valence-electron chi connectivity index (χ1n) is 9.27. The topological polar surface area (TPSA) is 91.8 Å². The Hall–Kier alpha value is -2.93. The monoisotopic (exact) mass is 365 g/mol. The summed E-state index contributed by atoms with van der Waals surface area (Å²) in [5, 5.41) is 14.0. The molecule has 0 radical (unpaired) electrons. The van der Waals surface area contributed by atoms with Crippen LogP contribution in [0.15, 0.2) is 41.5 Å². The van der Waals surface area contributed by atoms with Crippen molar-refractivity contribution < 1.29 is 4.79 Å². The highest BCUT2D eigenvalue weighted by molar-refractivity contribution is 6.08. The Morgan fingerprint density at radius 1 is 1.37 bits per heavy atom. The van der Waals surface area contributed by atoms with Crippen LogP contribution in [0.2, 0.25) is 0 Å². The number of para-hydroxylation sites is 1. The molecule has 1 unspecified atom stereocenters. The van der Waals surface area contributed by atoms with E-state index in [0.717, 1.165) is 36.8 Å². The Bertz CT molecular complexity index is 1030. The van der Waals surface area contributed by atoms with E-state index in [4.69, 9.17) is 0 Å². The molecular formula is C20H23N5O2. The van der Waals surface area contributed by atoms with E-state index in [2.05, 4.69) is 20.8 Å². The van der Waals surface area contributed by atoms with E-state index in [1.807, 2.05) is 18.2 Å². The summed E-state index contributed by atoms with van der Waals surface area (Å²) in [7, 11) is 0. The number of nitrogens with one attached hydrogen (secondary N) is 3. The van der Waals surface area contributed by atoms with Crippen LogP contribution in [0.4, 0.5) is 5.69 Å². The number of rotatable bonds is 4. The molecule has 3 heterocycles. The van der Waals surface area contributed by atoms with E-state index in [0.29, 0.717) is 23.7 Å². The smallest absolute Gasteiger partial charge is 0.263 e. The number of aromatic amines is 1. The van der Waals surface area contributed by atoms with Crippen molar-refractivity contribution in [2.24, 2.45) is 5.92 Å². The fourth-order valence-electron chi connectivity index (χ4n) is 3.70. The zero-order valence-corrected chi connectivity index (χ0v) is 15.3. The van der Waals surface area contributed by atoms with Gasteiger partial charge in [0.2, 0.25) is 0 Å². The molecule has 27 heavy (non-hydrogen) atoms. The summed E-state index contributed by atoms with van der Waals surface area (Å²) in [4.78, 5) is 25.9. The van der Waals surface area contributed by atoms with Crippen LogP contribution in [-0.4, -0.2) is 33.8 Å². The summed E-state index contributed by atoms with van der Waals surface area (Å²) in [6, 6.07) is 7.39. The first-order valence-corrected chi connectivity index (χ1v) is 9.27. The largest absolute Gasteiger partial charge is 0.320 e. The molecule has 2 aromatic heterocycles. The van der Waals surface area contributed by atoms with Crippen LogP contribution in [0.3, 0.4) is 0 Å². The predicted octanol–water partition coefficient (Wildman–Crippen LogP) is 2.28. The number of benzene rings is 1. The SMILES string of the molecule is Cc1ccn(CC2CCCNC2)c(=O)c1C(=O)Nc1cccc2cn[nH]c12. The Kier molecular flexibility index (Phi) is 4.77. The number of amides is 1. The number of pyridine rings is 1. The number of hydrogen-bond donors (Lipinski definition) is 3. The second-order valence-electron chi connectivity index (χ2n) is 7.14. The van der Waals surface area contributed by atoms with Crippen LogP contribution >= 0.6 is 0 Å². The van der Waals surface area contributed by atoms with Gasteiger partial charge in [-0.15, -0.1) is 0 Å². The molecule has 3 N–H and O–H groups in total. The van der Waals surface area contributed by atoms with Crippen molar-refractivity contribution in [3.63, 3.8) is 0 Å². The Balaban J connectivity index is 1.62. The van der Waals surface area contributed by atoms with Crippen molar-refractivity contribution in [3.05, 3.63) is 58.1 Å². The molecule has 0 spiro atoms. The van der Waals surface area contributed by atoms with E-state index >= 15 is 0 Å². The number of carbonyl (C=O) groups is 1. The maximum absolute atomic E-state index is 13.0.